The van der Waals surface area contributed by atoms with Crippen LogP contribution in [-0.2, 0) is 6.54 Å². The highest BCUT2D eigenvalue weighted by atomic mass is 127. The number of anilines is 1. The van der Waals surface area contributed by atoms with Crippen LogP contribution >= 0.6 is 24.0 Å². The van der Waals surface area contributed by atoms with E-state index < -0.39 is 5.91 Å². The summed E-state index contributed by atoms with van der Waals surface area (Å²) in [5.41, 5.74) is 9.34. The van der Waals surface area contributed by atoms with Crippen molar-refractivity contribution in [3.8, 4) is 0 Å². The highest BCUT2D eigenvalue weighted by Crippen LogP contribution is 2.24. The Labute approximate surface area is 196 Å². The first-order valence-corrected chi connectivity index (χ1v) is 10.4. The van der Waals surface area contributed by atoms with Gasteiger partial charge in [-0.15, -0.1) is 24.0 Å². The number of halogens is 1. The molecule has 0 radical (unpaired) electrons. The van der Waals surface area contributed by atoms with Gasteiger partial charge < -0.3 is 21.3 Å². The van der Waals surface area contributed by atoms with Crippen LogP contribution in [0.3, 0.4) is 0 Å². The zero-order valence-electron chi connectivity index (χ0n) is 17.7. The fourth-order valence-electron chi connectivity index (χ4n) is 3.57. The summed E-state index contributed by atoms with van der Waals surface area (Å²) < 4.78 is 0. The van der Waals surface area contributed by atoms with Gasteiger partial charge in [0.25, 0.3) is 0 Å². The third kappa shape index (κ3) is 6.62. The quantitative estimate of drug-likeness (QED) is 0.294. The van der Waals surface area contributed by atoms with Gasteiger partial charge in [-0.2, -0.15) is 0 Å². The zero-order chi connectivity index (χ0) is 20.6. The Morgan fingerprint density at radius 2 is 1.90 bits per heavy atom. The Bertz CT molecular complexity index is 864. The molecule has 3 rings (SSSR count). The van der Waals surface area contributed by atoms with Gasteiger partial charge in [-0.25, -0.2) is 4.99 Å². The van der Waals surface area contributed by atoms with E-state index in [2.05, 4.69) is 51.7 Å². The Hall–Kier alpha value is -2.29. The second-order valence-corrected chi connectivity index (χ2v) is 7.41. The van der Waals surface area contributed by atoms with E-state index in [1.54, 1.807) is 12.1 Å². The summed E-state index contributed by atoms with van der Waals surface area (Å²) in [4.78, 5) is 18.5. The molecule has 4 N–H and O–H groups in total. The van der Waals surface area contributed by atoms with Gasteiger partial charge in [-0.05, 0) is 62.1 Å². The summed E-state index contributed by atoms with van der Waals surface area (Å²) in [7, 11) is 0. The van der Waals surface area contributed by atoms with Crippen LogP contribution in [0.1, 0.15) is 54.2 Å². The molecule has 1 heterocycles. The Kier molecular flexibility index (Phi) is 9.42. The number of carbonyl (C=O) groups is 1. The van der Waals surface area contributed by atoms with Gasteiger partial charge in [0.1, 0.15) is 0 Å². The fraction of sp³-hybridized carbons (Fsp3) is 0.391. The number of carbonyl (C=O) groups excluding carboxylic acids is 1. The topological polar surface area (TPSA) is 82.7 Å². The highest BCUT2D eigenvalue weighted by Gasteiger charge is 2.14. The molecule has 6 nitrogen and oxygen atoms in total. The van der Waals surface area contributed by atoms with Gasteiger partial charge in [0.2, 0.25) is 5.91 Å². The molecular formula is C23H32IN5O. The smallest absolute Gasteiger partial charge is 0.248 e. The Balaban J connectivity index is 0.00000320. The van der Waals surface area contributed by atoms with Crippen LogP contribution in [0.4, 0.5) is 5.69 Å². The van der Waals surface area contributed by atoms with Crippen LogP contribution in [0.5, 0.6) is 0 Å². The van der Waals surface area contributed by atoms with Crippen molar-refractivity contribution < 1.29 is 4.79 Å². The molecule has 2 aromatic carbocycles. The summed E-state index contributed by atoms with van der Waals surface area (Å²) in [6, 6.07) is 16.1. The number of hydrogen-bond donors (Lipinski definition) is 3. The van der Waals surface area contributed by atoms with E-state index in [1.807, 2.05) is 19.1 Å². The third-order valence-electron chi connectivity index (χ3n) is 5.17. The molecule has 0 saturated carbocycles. The number of nitrogens with two attached hydrogens (primary N) is 1. The number of primary amides is 1. The molecule has 7 heteroatoms. The van der Waals surface area contributed by atoms with Crippen molar-refractivity contribution in [3.05, 3.63) is 65.2 Å². The monoisotopic (exact) mass is 521 g/mol. The number of hydrogen-bond acceptors (Lipinski definition) is 3. The zero-order valence-corrected chi connectivity index (χ0v) is 20.1. The van der Waals surface area contributed by atoms with E-state index in [4.69, 9.17) is 5.73 Å². The molecule has 30 heavy (non-hydrogen) atoms. The van der Waals surface area contributed by atoms with Crippen LogP contribution in [0, 0.1) is 0 Å². The van der Waals surface area contributed by atoms with E-state index in [1.165, 1.54) is 24.1 Å². The van der Waals surface area contributed by atoms with Crippen molar-refractivity contribution >= 4 is 41.5 Å². The van der Waals surface area contributed by atoms with Crippen LogP contribution < -0.4 is 21.3 Å². The van der Waals surface area contributed by atoms with E-state index >= 15 is 0 Å². The summed E-state index contributed by atoms with van der Waals surface area (Å²) in [6.07, 6.45) is 2.54. The second kappa shape index (κ2) is 11.8. The standard InChI is InChI=1S/C23H31N5O.HI/c1-3-25-23(26-16-18-8-6-10-20(14-18)22(24)29)27-17(2)19-9-7-11-21(15-19)28-12-4-5-13-28;/h6-11,14-15,17H,3-5,12-13,16H2,1-2H3,(H2,24,29)(H2,25,26,27);1H. The maximum Gasteiger partial charge on any atom is 0.248 e. The summed E-state index contributed by atoms with van der Waals surface area (Å²) in [6.45, 7) is 7.71. The molecule has 1 aliphatic rings. The predicted octanol–water partition coefficient (Wildman–Crippen LogP) is 3.82. The number of guanidine groups is 1. The van der Waals surface area contributed by atoms with E-state index in [0.29, 0.717) is 12.1 Å². The molecule has 0 aliphatic carbocycles. The van der Waals surface area contributed by atoms with Gasteiger partial charge in [0, 0.05) is 30.9 Å². The van der Waals surface area contributed by atoms with E-state index in [0.717, 1.165) is 31.2 Å². The normalized spacial score (nSPS) is 14.7. The third-order valence-corrected chi connectivity index (χ3v) is 5.17. The van der Waals surface area contributed by atoms with Crippen LogP contribution in [-0.4, -0.2) is 31.5 Å². The first-order chi connectivity index (χ1) is 14.1. The molecule has 162 valence electrons. The number of amides is 1. The lowest BCUT2D eigenvalue weighted by atomic mass is 10.1. The number of nitrogens with zero attached hydrogens (tertiary/aromatic N) is 2. The van der Waals surface area contributed by atoms with Crippen molar-refractivity contribution in [2.45, 2.75) is 39.3 Å². The molecule has 0 aromatic heterocycles. The van der Waals surface area contributed by atoms with Crippen molar-refractivity contribution in [2.24, 2.45) is 10.7 Å². The molecule has 1 fully saturated rings. The second-order valence-electron chi connectivity index (χ2n) is 7.41. The van der Waals surface area contributed by atoms with Gasteiger partial charge in [-0.3, -0.25) is 4.79 Å². The lowest BCUT2D eigenvalue weighted by Gasteiger charge is -2.22. The molecular weight excluding hydrogens is 489 g/mol. The van der Waals surface area contributed by atoms with E-state index in [9.17, 15) is 4.79 Å². The van der Waals surface area contributed by atoms with E-state index in [-0.39, 0.29) is 30.0 Å². The van der Waals surface area contributed by atoms with Crippen molar-refractivity contribution in [3.63, 3.8) is 0 Å². The van der Waals surface area contributed by atoms with Gasteiger partial charge in [0.15, 0.2) is 5.96 Å². The fourth-order valence-corrected chi connectivity index (χ4v) is 3.57. The summed E-state index contributed by atoms with van der Waals surface area (Å²) in [5.74, 6) is 0.323. The molecule has 0 spiro atoms. The lowest BCUT2D eigenvalue weighted by molar-refractivity contribution is 0.1000. The minimum absolute atomic E-state index is 0. The minimum atomic E-state index is -0.424. The van der Waals surface area contributed by atoms with Gasteiger partial charge in [0.05, 0.1) is 12.6 Å². The molecule has 1 saturated heterocycles. The minimum Gasteiger partial charge on any atom is -0.372 e. The largest absolute Gasteiger partial charge is 0.372 e. The van der Waals surface area contributed by atoms with Gasteiger partial charge in [-0.1, -0.05) is 24.3 Å². The Morgan fingerprint density at radius 1 is 1.17 bits per heavy atom. The number of rotatable bonds is 7. The van der Waals surface area contributed by atoms with Gasteiger partial charge >= 0.3 is 0 Å². The summed E-state index contributed by atoms with van der Waals surface area (Å²) >= 11 is 0. The first kappa shape index (κ1) is 24.0. The average Bonchev–Trinajstić information content (AvgIpc) is 3.27. The number of benzene rings is 2. The molecule has 0 bridgehead atoms. The Morgan fingerprint density at radius 3 is 2.60 bits per heavy atom. The summed E-state index contributed by atoms with van der Waals surface area (Å²) in [5, 5.41) is 6.79. The molecule has 2 aromatic rings. The maximum atomic E-state index is 11.4. The molecule has 1 aliphatic heterocycles. The first-order valence-electron chi connectivity index (χ1n) is 10.4. The average molecular weight is 521 g/mol. The van der Waals surface area contributed by atoms with Crippen molar-refractivity contribution in [2.75, 3.05) is 24.5 Å². The molecule has 1 amide bonds. The number of aliphatic imine (C=N–C) groups is 1. The predicted molar refractivity (Wildman–Crippen MR) is 135 cm³/mol. The van der Waals surface area contributed by atoms with Crippen LogP contribution in [0.25, 0.3) is 0 Å². The van der Waals surface area contributed by atoms with Crippen molar-refractivity contribution in [1.29, 1.82) is 0 Å². The van der Waals surface area contributed by atoms with Crippen LogP contribution in [0.15, 0.2) is 53.5 Å². The maximum absolute atomic E-state index is 11.4. The van der Waals surface area contributed by atoms with Crippen LogP contribution in [0.2, 0.25) is 0 Å². The number of nitrogens with one attached hydrogen (secondary N) is 2. The SMILES string of the molecule is CCNC(=NCc1cccc(C(N)=O)c1)NC(C)c1cccc(N2CCCC2)c1.I. The molecule has 1 atom stereocenters. The van der Waals surface area contributed by atoms with Crippen molar-refractivity contribution in [1.82, 2.24) is 10.6 Å². The lowest BCUT2D eigenvalue weighted by Crippen LogP contribution is -2.38. The molecule has 1 unspecified atom stereocenters. The highest BCUT2D eigenvalue weighted by molar-refractivity contribution is 14.0.